The molecule has 146 valence electrons. The van der Waals surface area contributed by atoms with E-state index in [0.717, 1.165) is 20.9 Å². The Hall–Kier alpha value is -3.39. The first-order chi connectivity index (χ1) is 13.9. The van der Waals surface area contributed by atoms with E-state index < -0.39 is 0 Å². The summed E-state index contributed by atoms with van der Waals surface area (Å²) in [4.78, 5) is 25.5. The lowest BCUT2D eigenvalue weighted by Crippen LogP contribution is -2.14. The third-order valence-corrected chi connectivity index (χ3v) is 5.16. The minimum absolute atomic E-state index is 0.184. The number of thiazole rings is 1. The van der Waals surface area contributed by atoms with Crippen LogP contribution in [-0.2, 0) is 10.2 Å². The van der Waals surface area contributed by atoms with Crippen molar-refractivity contribution in [2.24, 2.45) is 0 Å². The van der Waals surface area contributed by atoms with Crippen LogP contribution in [0.15, 0.2) is 54.9 Å². The molecule has 8 heteroatoms. The van der Waals surface area contributed by atoms with Gasteiger partial charge in [-0.05, 0) is 24.3 Å². The molecule has 0 saturated carbocycles. The van der Waals surface area contributed by atoms with Gasteiger partial charge >= 0.3 is 0 Å². The molecule has 0 atom stereocenters. The molecule has 29 heavy (non-hydrogen) atoms. The second-order valence-electron chi connectivity index (χ2n) is 7.47. The van der Waals surface area contributed by atoms with Crippen molar-refractivity contribution >= 4 is 39.4 Å². The van der Waals surface area contributed by atoms with E-state index in [1.807, 2.05) is 30.3 Å². The second-order valence-corrected chi connectivity index (χ2v) is 8.53. The summed E-state index contributed by atoms with van der Waals surface area (Å²) in [6, 6.07) is 11.5. The van der Waals surface area contributed by atoms with Crippen molar-refractivity contribution in [1.82, 2.24) is 24.7 Å². The predicted octanol–water partition coefficient (Wildman–Crippen LogP) is 4.22. The van der Waals surface area contributed by atoms with Gasteiger partial charge in [0.05, 0.1) is 15.9 Å². The van der Waals surface area contributed by atoms with Gasteiger partial charge in [0.15, 0.2) is 0 Å². The molecule has 3 heterocycles. The molecular formula is C21H20N6OS. The zero-order chi connectivity index (χ0) is 20.4. The van der Waals surface area contributed by atoms with Crippen molar-refractivity contribution in [3.8, 4) is 5.95 Å². The van der Waals surface area contributed by atoms with Crippen molar-refractivity contribution in [2.75, 3.05) is 5.32 Å². The molecule has 0 unspecified atom stereocenters. The smallest absolute Gasteiger partial charge is 0.252 e. The SMILES string of the molecule is CC(C)(C)c1cc(NC(=O)/C=C/c2nc3ccccc3s2)n(-c2ncccn2)n1. The van der Waals surface area contributed by atoms with Crippen LogP contribution in [0.5, 0.6) is 0 Å². The monoisotopic (exact) mass is 404 g/mol. The Labute approximate surface area is 172 Å². The predicted molar refractivity (Wildman–Crippen MR) is 115 cm³/mol. The number of fused-ring (bicyclic) bond motifs is 1. The highest BCUT2D eigenvalue weighted by Gasteiger charge is 2.22. The number of nitrogens with one attached hydrogen (secondary N) is 1. The number of benzene rings is 1. The number of carbonyl (C=O) groups excluding carboxylic acids is 1. The summed E-state index contributed by atoms with van der Waals surface area (Å²) in [6.07, 6.45) is 6.46. The maximum Gasteiger partial charge on any atom is 0.252 e. The van der Waals surface area contributed by atoms with E-state index in [9.17, 15) is 4.79 Å². The summed E-state index contributed by atoms with van der Waals surface area (Å²) in [5.74, 6) is 0.635. The van der Waals surface area contributed by atoms with Crippen LogP contribution < -0.4 is 5.32 Å². The van der Waals surface area contributed by atoms with Gasteiger partial charge in [-0.15, -0.1) is 11.3 Å². The van der Waals surface area contributed by atoms with Crippen LogP contribution in [0.3, 0.4) is 0 Å². The average molecular weight is 404 g/mol. The van der Waals surface area contributed by atoms with Crippen molar-refractivity contribution < 1.29 is 4.79 Å². The molecule has 1 aromatic carbocycles. The van der Waals surface area contributed by atoms with E-state index in [1.54, 1.807) is 29.2 Å². The molecule has 0 bridgehead atoms. The number of para-hydroxylation sites is 1. The van der Waals surface area contributed by atoms with Crippen LogP contribution >= 0.6 is 11.3 Å². The maximum atomic E-state index is 12.5. The number of hydrogen-bond acceptors (Lipinski definition) is 6. The number of nitrogens with zero attached hydrogens (tertiary/aromatic N) is 5. The van der Waals surface area contributed by atoms with E-state index in [2.05, 4.69) is 46.1 Å². The van der Waals surface area contributed by atoms with Gasteiger partial charge in [-0.25, -0.2) is 15.0 Å². The van der Waals surface area contributed by atoms with Crippen molar-refractivity contribution in [3.63, 3.8) is 0 Å². The maximum absolute atomic E-state index is 12.5. The van der Waals surface area contributed by atoms with Crippen molar-refractivity contribution in [1.29, 1.82) is 0 Å². The van der Waals surface area contributed by atoms with Crippen molar-refractivity contribution in [2.45, 2.75) is 26.2 Å². The summed E-state index contributed by atoms with van der Waals surface area (Å²) in [6.45, 7) is 6.18. The molecular weight excluding hydrogens is 384 g/mol. The molecule has 7 nitrogen and oxygen atoms in total. The van der Waals surface area contributed by atoms with Crippen molar-refractivity contribution in [3.05, 3.63) is 65.6 Å². The summed E-state index contributed by atoms with van der Waals surface area (Å²) >= 11 is 1.54. The molecule has 0 spiro atoms. The highest BCUT2D eigenvalue weighted by Crippen LogP contribution is 2.26. The Morgan fingerprint density at radius 2 is 1.90 bits per heavy atom. The van der Waals surface area contributed by atoms with Crippen LogP contribution in [0.2, 0.25) is 0 Å². The number of anilines is 1. The topological polar surface area (TPSA) is 85.6 Å². The lowest BCUT2D eigenvalue weighted by Gasteiger charge is -2.13. The number of amides is 1. The Balaban J connectivity index is 1.59. The van der Waals surface area contributed by atoms with E-state index >= 15 is 0 Å². The summed E-state index contributed by atoms with van der Waals surface area (Å²) in [7, 11) is 0. The highest BCUT2D eigenvalue weighted by molar-refractivity contribution is 7.19. The van der Waals surface area contributed by atoms with Gasteiger partial charge < -0.3 is 5.32 Å². The number of rotatable bonds is 4. The summed E-state index contributed by atoms with van der Waals surface area (Å²) in [5.41, 5.74) is 1.57. The van der Waals surface area contributed by atoms with E-state index in [0.29, 0.717) is 11.8 Å². The number of carbonyl (C=O) groups is 1. The zero-order valence-corrected chi connectivity index (χ0v) is 17.1. The molecule has 0 aliphatic carbocycles. The number of hydrogen-bond donors (Lipinski definition) is 1. The Kier molecular flexibility index (Phi) is 4.94. The first-order valence-corrected chi connectivity index (χ1v) is 9.94. The van der Waals surface area contributed by atoms with Gasteiger partial charge in [0.1, 0.15) is 10.8 Å². The molecule has 1 N–H and O–H groups in total. The average Bonchev–Trinajstić information content (AvgIpc) is 3.31. The zero-order valence-electron chi connectivity index (χ0n) is 16.3. The van der Waals surface area contributed by atoms with Gasteiger partial charge in [-0.1, -0.05) is 32.9 Å². The van der Waals surface area contributed by atoms with Gasteiger partial charge in [0.25, 0.3) is 5.95 Å². The van der Waals surface area contributed by atoms with Gasteiger partial charge in [-0.2, -0.15) is 9.78 Å². The van der Waals surface area contributed by atoms with Gasteiger partial charge in [0, 0.05) is 30.0 Å². The fraction of sp³-hybridized carbons (Fsp3) is 0.190. The third kappa shape index (κ3) is 4.22. The first kappa shape index (κ1) is 18.9. The Morgan fingerprint density at radius 1 is 1.14 bits per heavy atom. The number of aromatic nitrogens is 5. The minimum Gasteiger partial charge on any atom is -0.307 e. The summed E-state index contributed by atoms with van der Waals surface area (Å²) < 4.78 is 2.63. The molecule has 0 radical (unpaired) electrons. The molecule has 4 rings (SSSR count). The fourth-order valence-electron chi connectivity index (χ4n) is 2.67. The van der Waals surface area contributed by atoms with E-state index in [-0.39, 0.29) is 11.3 Å². The van der Waals surface area contributed by atoms with Crippen LogP contribution in [0.4, 0.5) is 5.82 Å². The summed E-state index contributed by atoms with van der Waals surface area (Å²) in [5, 5.41) is 8.25. The molecule has 1 amide bonds. The fourth-order valence-corrected chi connectivity index (χ4v) is 3.54. The first-order valence-electron chi connectivity index (χ1n) is 9.13. The lowest BCUT2D eigenvalue weighted by atomic mass is 9.92. The molecule has 4 aromatic rings. The molecule has 3 aromatic heterocycles. The largest absolute Gasteiger partial charge is 0.307 e. The second kappa shape index (κ2) is 7.56. The molecule has 0 fully saturated rings. The lowest BCUT2D eigenvalue weighted by molar-refractivity contribution is -0.111. The minimum atomic E-state index is -0.276. The Morgan fingerprint density at radius 3 is 2.62 bits per heavy atom. The van der Waals surface area contributed by atoms with E-state index in [1.165, 1.54) is 17.4 Å². The van der Waals surface area contributed by atoms with E-state index in [4.69, 9.17) is 0 Å². The standard InChI is InChI=1S/C21H20N6OS/c1-21(2,3)16-13-17(27(26-16)20-22-11-6-12-23-20)25-18(28)9-10-19-24-14-7-4-5-8-15(14)29-19/h4-13H,1-3H3,(H,25,28)/b10-9+. The normalized spacial score (nSPS) is 12.0. The van der Waals surface area contributed by atoms with Gasteiger partial charge in [0.2, 0.25) is 5.91 Å². The van der Waals surface area contributed by atoms with Crippen LogP contribution in [0.25, 0.3) is 22.2 Å². The quantitative estimate of drug-likeness (QED) is 0.515. The highest BCUT2D eigenvalue weighted by atomic mass is 32.1. The Bertz CT molecular complexity index is 1150. The third-order valence-electron chi connectivity index (χ3n) is 4.16. The molecule has 0 saturated heterocycles. The van der Waals surface area contributed by atoms with Crippen LogP contribution in [-0.4, -0.2) is 30.6 Å². The molecule has 0 aliphatic heterocycles. The molecule has 0 aliphatic rings. The van der Waals surface area contributed by atoms with Crippen LogP contribution in [0, 0.1) is 0 Å². The van der Waals surface area contributed by atoms with Crippen LogP contribution in [0.1, 0.15) is 31.5 Å². The van der Waals surface area contributed by atoms with Gasteiger partial charge in [-0.3, -0.25) is 4.79 Å².